The van der Waals surface area contributed by atoms with Crippen molar-refractivity contribution in [3.05, 3.63) is 0 Å². The molecule has 0 bridgehead atoms. The topological polar surface area (TPSA) is 0 Å². The van der Waals surface area contributed by atoms with E-state index >= 15 is 0 Å². The molecule has 0 aromatic rings. The lowest BCUT2D eigenvalue weighted by Crippen LogP contribution is -2.65. The molecule has 106 valence electrons. The summed E-state index contributed by atoms with van der Waals surface area (Å²) in [6.45, 7) is 14.7. The van der Waals surface area contributed by atoms with Gasteiger partial charge in [0.25, 0.3) is 0 Å². The van der Waals surface area contributed by atoms with Crippen LogP contribution in [-0.2, 0) is 0 Å². The third-order valence-electron chi connectivity index (χ3n) is 6.71. The first-order valence-corrected chi connectivity index (χ1v) is 25.5. The van der Waals surface area contributed by atoms with Crippen LogP contribution in [0.3, 0.4) is 0 Å². The Hall–Kier alpha value is 2.08. The van der Waals surface area contributed by atoms with Crippen LogP contribution >= 0.6 is 39.6 Å². The quantitative estimate of drug-likeness (QED) is 0.243. The number of halogens is 1. The van der Waals surface area contributed by atoms with Crippen molar-refractivity contribution in [1.29, 1.82) is 0 Å². The Morgan fingerprint density at radius 1 is 0.824 bits per heavy atom. The van der Waals surface area contributed by atoms with Crippen molar-refractivity contribution in [2.24, 2.45) is 0 Å². The number of rotatable bonds is 2. The smallest absolute Gasteiger partial charge is 0.0898 e. The summed E-state index contributed by atoms with van der Waals surface area (Å²) in [5, 5.41) is 0. The molecule has 1 atom stereocenters. The van der Waals surface area contributed by atoms with Gasteiger partial charge in [0.05, 0.1) is 20.6 Å². The fourth-order valence-corrected chi connectivity index (χ4v) is 159. The first-order chi connectivity index (χ1) is 7.31. The SMILES string of the molecule is C[Si]1(C)[Si](C)(C)S(C)(C)S(C)(CCI)[Si]1(C)C. The highest BCUT2D eigenvalue weighted by atomic mass is 127. The molecule has 6 heteroatoms. The molecule has 0 amide bonds. The second-order valence-corrected chi connectivity index (χ2v) is 59.6. The van der Waals surface area contributed by atoms with E-state index in [0.717, 1.165) is 0 Å². The van der Waals surface area contributed by atoms with E-state index in [9.17, 15) is 0 Å². The Balaban J connectivity index is 3.53. The Morgan fingerprint density at radius 2 is 1.24 bits per heavy atom. The van der Waals surface area contributed by atoms with Crippen LogP contribution in [0.15, 0.2) is 0 Å². The molecule has 0 N–H and O–H groups in total. The van der Waals surface area contributed by atoms with Crippen molar-refractivity contribution >= 4 is 60.2 Å². The molecule has 1 heterocycles. The van der Waals surface area contributed by atoms with E-state index in [1.807, 2.05) is 0 Å². The van der Waals surface area contributed by atoms with Crippen LogP contribution in [-0.4, -0.2) is 49.5 Å². The van der Waals surface area contributed by atoms with Gasteiger partial charge in [0, 0.05) is 4.43 Å². The zero-order chi connectivity index (χ0) is 13.9. The van der Waals surface area contributed by atoms with Gasteiger partial charge in [-0.3, -0.25) is 0 Å². The summed E-state index contributed by atoms with van der Waals surface area (Å²) in [6, 6.07) is 0. The lowest BCUT2D eigenvalue weighted by molar-refractivity contribution is 1.60. The molecular weight excluding hydrogens is 407 g/mol. The van der Waals surface area contributed by atoms with Crippen LogP contribution in [0, 0.1) is 0 Å². The summed E-state index contributed by atoms with van der Waals surface area (Å²) in [7, 11) is -1.54. The molecule has 1 fully saturated rings. The number of hydrogen-bond donors (Lipinski definition) is 0. The summed E-state index contributed by atoms with van der Waals surface area (Å²) in [4.78, 5) is 0. The van der Waals surface area contributed by atoms with Crippen LogP contribution in [0.4, 0.5) is 0 Å². The number of hydrogen-bond acceptors (Lipinski definition) is 0. The van der Waals surface area contributed by atoms with Gasteiger partial charge in [0.15, 0.2) is 0 Å². The molecule has 1 unspecified atom stereocenters. The van der Waals surface area contributed by atoms with E-state index in [-0.39, 0.29) is 17.0 Å². The van der Waals surface area contributed by atoms with Gasteiger partial charge >= 0.3 is 0 Å². The van der Waals surface area contributed by atoms with Crippen molar-refractivity contribution in [1.82, 2.24) is 0 Å². The predicted octanol–water partition coefficient (Wildman–Crippen LogP) is 5.12. The second kappa shape index (κ2) is 4.54. The molecule has 0 aromatic carbocycles. The Bertz CT molecular complexity index is 301. The van der Waals surface area contributed by atoms with Gasteiger partial charge in [0.1, 0.15) is 0 Å². The highest BCUT2D eigenvalue weighted by Crippen LogP contribution is 2.90. The van der Waals surface area contributed by atoms with Crippen molar-refractivity contribution in [2.45, 2.75) is 39.3 Å². The summed E-state index contributed by atoms with van der Waals surface area (Å²) in [6.07, 6.45) is 8.28. The predicted molar refractivity (Wildman–Crippen MR) is 109 cm³/mol. The van der Waals surface area contributed by atoms with Gasteiger partial charge in [-0.1, -0.05) is 61.9 Å². The summed E-state index contributed by atoms with van der Waals surface area (Å²) in [5.74, 6) is 1.57. The summed E-state index contributed by atoms with van der Waals surface area (Å²) in [5.41, 5.74) is 0. The van der Waals surface area contributed by atoms with E-state index in [1.165, 1.54) is 4.43 Å². The minimum absolute atomic E-state index is 0.287. The molecule has 1 saturated heterocycles. The molecule has 1 aliphatic rings. The van der Waals surface area contributed by atoms with Crippen molar-refractivity contribution in [2.75, 3.05) is 28.9 Å². The number of alkyl halides is 1. The van der Waals surface area contributed by atoms with E-state index < -0.39 is 20.6 Å². The fourth-order valence-electron chi connectivity index (χ4n) is 3.47. The molecular formula is C11H31IS2Si3. The molecule has 0 aliphatic carbocycles. The van der Waals surface area contributed by atoms with Crippen LogP contribution in [0.5, 0.6) is 0 Å². The Kier molecular flexibility index (Phi) is 4.58. The first-order valence-electron chi connectivity index (χ1n) is 6.36. The third kappa shape index (κ3) is 1.79. The summed E-state index contributed by atoms with van der Waals surface area (Å²) >= 11 is 2.63. The third-order valence-corrected chi connectivity index (χ3v) is 111. The fraction of sp³-hybridized carbons (Fsp3) is 1.00. The van der Waals surface area contributed by atoms with Crippen LogP contribution in [0.2, 0.25) is 39.3 Å². The van der Waals surface area contributed by atoms with Crippen molar-refractivity contribution < 1.29 is 0 Å². The van der Waals surface area contributed by atoms with E-state index in [0.29, 0.717) is 0 Å². The highest BCUT2D eigenvalue weighted by molar-refractivity contribution is 14.1. The van der Waals surface area contributed by atoms with Crippen LogP contribution in [0.1, 0.15) is 0 Å². The van der Waals surface area contributed by atoms with Gasteiger partial charge in [-0.25, -0.2) is 17.0 Å². The average Bonchev–Trinajstić information content (AvgIpc) is 2.19. The van der Waals surface area contributed by atoms with E-state index in [4.69, 9.17) is 0 Å². The minimum Gasteiger partial charge on any atom is -0.234 e. The Labute approximate surface area is 127 Å². The standard InChI is InChI=1S/C11H31IS2Si3/c1-13(2)14(3,11-10-12)16(6,7)17(8,9)15(13,4)5/h10-11H2,1-9H3. The molecule has 0 saturated carbocycles. The maximum Gasteiger partial charge on any atom is 0.0898 e. The minimum atomic E-state index is -0.997. The maximum atomic E-state index is 2.79. The highest BCUT2D eigenvalue weighted by Gasteiger charge is 2.71. The average molecular weight is 439 g/mol. The van der Waals surface area contributed by atoms with E-state index in [2.05, 4.69) is 80.6 Å². The molecule has 0 spiro atoms. The monoisotopic (exact) mass is 438 g/mol. The first kappa shape index (κ1) is 17.1. The largest absolute Gasteiger partial charge is 0.234 e. The molecule has 0 aromatic heterocycles. The molecule has 1 rings (SSSR count). The van der Waals surface area contributed by atoms with Gasteiger partial charge < -0.3 is 0 Å². The zero-order valence-corrected chi connectivity index (χ0v) is 19.9. The lowest BCUT2D eigenvalue weighted by atomic mass is 11.0. The maximum absolute atomic E-state index is 2.79. The van der Waals surface area contributed by atoms with E-state index in [1.54, 1.807) is 5.75 Å². The van der Waals surface area contributed by atoms with Gasteiger partial charge in [-0.15, -0.1) is 0 Å². The second-order valence-electron chi connectivity index (χ2n) is 7.28. The molecule has 0 radical (unpaired) electrons. The van der Waals surface area contributed by atoms with Gasteiger partial charge in [-0.05, 0) is 24.5 Å². The van der Waals surface area contributed by atoms with Crippen molar-refractivity contribution in [3.8, 4) is 0 Å². The normalized spacial score (nSPS) is 42.7. The van der Waals surface area contributed by atoms with Crippen LogP contribution in [0.25, 0.3) is 0 Å². The molecule has 17 heavy (non-hydrogen) atoms. The molecule has 0 nitrogen and oxygen atoms in total. The van der Waals surface area contributed by atoms with Gasteiger partial charge in [0.2, 0.25) is 0 Å². The summed E-state index contributed by atoms with van der Waals surface area (Å²) < 4.78 is 1.39. The zero-order valence-electron chi connectivity index (χ0n) is 13.1. The van der Waals surface area contributed by atoms with Crippen LogP contribution < -0.4 is 0 Å². The lowest BCUT2D eigenvalue weighted by Gasteiger charge is -2.59. The van der Waals surface area contributed by atoms with Crippen molar-refractivity contribution in [3.63, 3.8) is 0 Å². The molecule has 1 aliphatic heterocycles. The van der Waals surface area contributed by atoms with Gasteiger partial charge in [-0.2, -0.15) is 0 Å². The Morgan fingerprint density at radius 3 is 1.47 bits per heavy atom.